The van der Waals surface area contributed by atoms with Crippen LogP contribution in [0.15, 0.2) is 0 Å². The fraction of sp³-hybridized carbons (Fsp3) is 0.926. The molecule has 8 heteroatoms. The highest BCUT2D eigenvalue weighted by molar-refractivity contribution is 5.77. The molecule has 0 rings (SSSR count). The Morgan fingerprint density at radius 3 is 1.31 bits per heavy atom. The maximum Gasteiger partial charge on any atom is 0.344 e. The molecule has 0 aliphatic heterocycles. The Bertz CT molecular complexity index is 449. The van der Waals surface area contributed by atoms with Gasteiger partial charge in [0.2, 0.25) is 0 Å². The lowest BCUT2D eigenvalue weighted by Gasteiger charge is -2.17. The number of esters is 1. The van der Waals surface area contributed by atoms with Gasteiger partial charge in [-0.3, -0.25) is 9.69 Å². The zero-order chi connectivity index (χ0) is 26.6. The molecule has 35 heavy (non-hydrogen) atoms. The molecule has 0 aromatic carbocycles. The van der Waals surface area contributed by atoms with Crippen molar-refractivity contribution in [1.82, 2.24) is 4.90 Å². The van der Waals surface area contributed by atoms with Gasteiger partial charge < -0.3 is 25.2 Å². The van der Waals surface area contributed by atoms with Gasteiger partial charge in [-0.1, -0.05) is 96.8 Å². The van der Waals surface area contributed by atoms with E-state index < -0.39 is 18.0 Å². The molecule has 0 heterocycles. The van der Waals surface area contributed by atoms with Gasteiger partial charge in [-0.05, 0) is 13.3 Å². The van der Waals surface area contributed by atoms with Crippen LogP contribution in [0, 0.1) is 0 Å². The van der Waals surface area contributed by atoms with Crippen molar-refractivity contribution in [3.63, 3.8) is 0 Å². The van der Waals surface area contributed by atoms with Crippen LogP contribution < -0.4 is 0 Å². The van der Waals surface area contributed by atoms with E-state index in [0.717, 1.165) is 19.3 Å². The van der Waals surface area contributed by atoms with Crippen molar-refractivity contribution in [3.8, 4) is 0 Å². The normalized spacial score (nSPS) is 11.7. The summed E-state index contributed by atoms with van der Waals surface area (Å²) in [6.45, 7) is 5.40. The van der Waals surface area contributed by atoms with Gasteiger partial charge in [0.05, 0.1) is 19.8 Å². The molecule has 210 valence electrons. The predicted molar refractivity (Wildman–Crippen MR) is 140 cm³/mol. The van der Waals surface area contributed by atoms with E-state index in [4.69, 9.17) is 25.2 Å². The third kappa shape index (κ3) is 28.9. The quantitative estimate of drug-likeness (QED) is 0.111. The Hall–Kier alpha value is -1.22. The number of aliphatic hydroxyl groups excluding tert-OH is 3. The lowest BCUT2D eigenvalue weighted by Crippen LogP contribution is -2.32. The number of carboxylic acids is 1. The molecule has 4 N–H and O–H groups in total. The molecule has 0 bridgehead atoms. The first-order valence-electron chi connectivity index (χ1n) is 13.9. The summed E-state index contributed by atoms with van der Waals surface area (Å²) in [4.78, 5) is 23.8. The van der Waals surface area contributed by atoms with Crippen LogP contribution in [0.5, 0.6) is 0 Å². The first-order chi connectivity index (χ1) is 16.9. The summed E-state index contributed by atoms with van der Waals surface area (Å²) in [5.74, 6) is -1.49. The number of hydrogen-bond donors (Lipinski definition) is 4. The number of rotatable bonds is 24. The molecule has 0 saturated carbocycles. The van der Waals surface area contributed by atoms with Gasteiger partial charge in [0.15, 0.2) is 6.10 Å². The zero-order valence-corrected chi connectivity index (χ0v) is 22.6. The number of aliphatic hydroxyl groups is 3. The van der Waals surface area contributed by atoms with Gasteiger partial charge in [0.25, 0.3) is 0 Å². The van der Waals surface area contributed by atoms with E-state index in [1.165, 1.54) is 84.0 Å². The van der Waals surface area contributed by atoms with E-state index in [1.54, 1.807) is 4.90 Å². The van der Waals surface area contributed by atoms with Crippen molar-refractivity contribution in [2.45, 2.75) is 123 Å². The smallest absolute Gasteiger partial charge is 0.344 e. The molecular weight excluding hydrogens is 450 g/mol. The van der Waals surface area contributed by atoms with Crippen molar-refractivity contribution in [2.24, 2.45) is 0 Å². The molecule has 8 nitrogen and oxygen atoms in total. The van der Waals surface area contributed by atoms with Crippen LogP contribution in [0.4, 0.5) is 0 Å². The Morgan fingerprint density at radius 1 is 0.657 bits per heavy atom. The minimum Gasteiger partial charge on any atom is -0.479 e. The summed E-state index contributed by atoms with van der Waals surface area (Å²) >= 11 is 0. The first kappa shape index (κ1) is 35.9. The fourth-order valence-electron chi connectivity index (χ4n) is 3.71. The number of aliphatic carboxylic acids is 1. The van der Waals surface area contributed by atoms with E-state index in [-0.39, 0.29) is 19.8 Å². The molecule has 0 aliphatic carbocycles. The van der Waals surface area contributed by atoms with Crippen LogP contribution in [0.1, 0.15) is 117 Å². The van der Waals surface area contributed by atoms with Crippen molar-refractivity contribution in [3.05, 3.63) is 0 Å². The van der Waals surface area contributed by atoms with Crippen molar-refractivity contribution < 1.29 is 34.8 Å². The maximum absolute atomic E-state index is 11.4. The first-order valence-corrected chi connectivity index (χ1v) is 13.9. The van der Waals surface area contributed by atoms with E-state index in [1.807, 2.05) is 0 Å². The molecule has 0 fully saturated rings. The van der Waals surface area contributed by atoms with Crippen LogP contribution in [-0.4, -0.2) is 82.8 Å². The number of nitrogens with zero attached hydrogens (tertiary/aromatic N) is 1. The second kappa shape index (κ2) is 29.0. The van der Waals surface area contributed by atoms with Crippen LogP contribution in [0.25, 0.3) is 0 Å². The largest absolute Gasteiger partial charge is 0.479 e. The van der Waals surface area contributed by atoms with Gasteiger partial charge in [-0.25, -0.2) is 4.79 Å². The summed E-state index contributed by atoms with van der Waals surface area (Å²) in [6, 6.07) is 0. The van der Waals surface area contributed by atoms with E-state index in [0.29, 0.717) is 26.1 Å². The Morgan fingerprint density at radius 2 is 1.00 bits per heavy atom. The van der Waals surface area contributed by atoms with Crippen molar-refractivity contribution >= 4 is 11.9 Å². The predicted octanol–water partition coefficient (Wildman–Crippen LogP) is 4.53. The number of carboxylic acid groups (broad SMARTS) is 1. The molecule has 0 radical (unpaired) electrons. The molecule has 0 aromatic heterocycles. The monoisotopic (exact) mass is 505 g/mol. The van der Waals surface area contributed by atoms with E-state index >= 15 is 0 Å². The summed E-state index contributed by atoms with van der Waals surface area (Å²) in [7, 11) is 0. The topological polar surface area (TPSA) is 128 Å². The summed E-state index contributed by atoms with van der Waals surface area (Å²) in [5.41, 5.74) is 0. The minimum absolute atomic E-state index is 0.0694. The average molecular weight is 506 g/mol. The Labute approximate surface area is 214 Å². The third-order valence-corrected chi connectivity index (χ3v) is 5.89. The average Bonchev–Trinajstić information content (AvgIpc) is 2.82. The van der Waals surface area contributed by atoms with Gasteiger partial charge in [0, 0.05) is 26.1 Å². The summed E-state index contributed by atoms with van der Waals surface area (Å²) < 4.78 is 4.79. The molecule has 0 amide bonds. The van der Waals surface area contributed by atoms with Crippen molar-refractivity contribution in [1.29, 1.82) is 0 Å². The second-order valence-electron chi connectivity index (χ2n) is 9.18. The lowest BCUT2D eigenvalue weighted by atomic mass is 10.0. The van der Waals surface area contributed by atoms with E-state index in [9.17, 15) is 9.59 Å². The number of carbonyl (C=O) groups excluding carboxylic acids is 1. The molecule has 0 aliphatic rings. The fourth-order valence-corrected chi connectivity index (χ4v) is 3.71. The SMILES string of the molecule is CCCCCCCCCCCCCCCCCC(=O)OC(C)C(=O)O.OCCN(CCO)CCO. The van der Waals surface area contributed by atoms with Gasteiger partial charge in [0.1, 0.15) is 0 Å². The van der Waals surface area contributed by atoms with Crippen LogP contribution in [-0.2, 0) is 14.3 Å². The van der Waals surface area contributed by atoms with E-state index in [2.05, 4.69) is 6.92 Å². The van der Waals surface area contributed by atoms with Crippen LogP contribution in [0.3, 0.4) is 0 Å². The number of unbranched alkanes of at least 4 members (excludes halogenated alkanes) is 14. The van der Waals surface area contributed by atoms with Crippen molar-refractivity contribution in [2.75, 3.05) is 39.5 Å². The molecule has 1 unspecified atom stereocenters. The molecule has 0 spiro atoms. The number of hydrogen-bond acceptors (Lipinski definition) is 7. The standard InChI is InChI=1S/C21H40O4.C6H15NO3/c1-3-4-5-6-7-8-9-10-11-12-13-14-15-16-17-18-20(22)25-19(2)21(23)24;8-4-1-7(2-5-9)3-6-10/h19H,3-18H2,1-2H3,(H,23,24);8-10H,1-6H2. The highest BCUT2D eigenvalue weighted by Gasteiger charge is 2.15. The molecule has 1 atom stereocenters. The van der Waals surface area contributed by atoms with Crippen LogP contribution in [0.2, 0.25) is 0 Å². The Kier molecular flexibility index (Phi) is 29.8. The Balaban J connectivity index is 0. The zero-order valence-electron chi connectivity index (χ0n) is 22.6. The van der Waals surface area contributed by atoms with Gasteiger partial charge in [-0.15, -0.1) is 0 Å². The molecular formula is C27H55NO7. The number of ether oxygens (including phenoxy) is 1. The number of carbonyl (C=O) groups is 2. The van der Waals surface area contributed by atoms with Gasteiger partial charge >= 0.3 is 11.9 Å². The minimum atomic E-state index is -1.09. The van der Waals surface area contributed by atoms with Crippen LogP contribution >= 0.6 is 0 Å². The van der Waals surface area contributed by atoms with Gasteiger partial charge in [-0.2, -0.15) is 0 Å². The summed E-state index contributed by atoms with van der Waals surface area (Å²) in [5, 5.41) is 34.1. The highest BCUT2D eigenvalue weighted by Crippen LogP contribution is 2.14. The molecule has 0 saturated heterocycles. The molecule has 0 aromatic rings. The summed E-state index contributed by atoms with van der Waals surface area (Å²) in [6.07, 6.45) is 18.6. The maximum atomic E-state index is 11.4. The highest BCUT2D eigenvalue weighted by atomic mass is 16.6. The lowest BCUT2D eigenvalue weighted by molar-refractivity contribution is -0.162. The second-order valence-corrected chi connectivity index (χ2v) is 9.18. The third-order valence-electron chi connectivity index (χ3n) is 5.89.